The van der Waals surface area contributed by atoms with Crippen molar-refractivity contribution in [2.75, 3.05) is 30.3 Å². The largest absolute Gasteiger partial charge is 0.449 e. The molecular formula is C20H25N3O5S2. The number of hydrogen-bond acceptors (Lipinski definition) is 6. The van der Waals surface area contributed by atoms with E-state index in [1.54, 1.807) is 29.6 Å². The minimum Gasteiger partial charge on any atom is -0.449 e. The lowest BCUT2D eigenvalue weighted by Gasteiger charge is -2.15. The van der Waals surface area contributed by atoms with E-state index in [4.69, 9.17) is 4.74 Å². The van der Waals surface area contributed by atoms with E-state index in [2.05, 4.69) is 10.6 Å². The topological polar surface area (TPSA) is 105 Å². The third-order valence-electron chi connectivity index (χ3n) is 4.43. The number of ether oxygens (including phenoxy) is 1. The number of sulfonamides is 1. The highest BCUT2D eigenvalue weighted by Crippen LogP contribution is 2.28. The molecule has 0 spiro atoms. The molecule has 0 unspecified atom stereocenters. The molecule has 1 aliphatic heterocycles. The Kier molecular flexibility index (Phi) is 7.11. The fourth-order valence-corrected chi connectivity index (χ4v) is 5.81. The first-order chi connectivity index (χ1) is 14.3. The lowest BCUT2D eigenvalue weighted by Crippen LogP contribution is -2.29. The fraction of sp³-hybridized carbons (Fsp3) is 0.400. The van der Waals surface area contributed by atoms with Crippen molar-refractivity contribution in [2.45, 2.75) is 31.6 Å². The first-order valence-corrected chi connectivity index (χ1v) is 12.0. The van der Waals surface area contributed by atoms with Gasteiger partial charge >= 0.3 is 6.09 Å². The summed E-state index contributed by atoms with van der Waals surface area (Å²) in [5.74, 6) is -0.291. The Morgan fingerprint density at radius 1 is 1.13 bits per heavy atom. The van der Waals surface area contributed by atoms with Gasteiger partial charge in [-0.15, -0.1) is 11.3 Å². The molecule has 2 heterocycles. The summed E-state index contributed by atoms with van der Waals surface area (Å²) < 4.78 is 32.2. The number of amides is 2. The van der Waals surface area contributed by atoms with Crippen molar-refractivity contribution in [3.05, 3.63) is 40.6 Å². The minimum atomic E-state index is -3.69. The highest BCUT2D eigenvalue weighted by molar-refractivity contribution is 7.89. The maximum atomic E-state index is 12.8. The number of nitrogens with one attached hydrogen (secondary N) is 2. The zero-order valence-corrected chi connectivity index (χ0v) is 18.5. The molecule has 1 saturated heterocycles. The van der Waals surface area contributed by atoms with Gasteiger partial charge < -0.3 is 10.1 Å². The van der Waals surface area contributed by atoms with Crippen molar-refractivity contribution in [3.63, 3.8) is 0 Å². The molecule has 1 aromatic heterocycles. The number of anilines is 2. The van der Waals surface area contributed by atoms with Crippen molar-refractivity contribution in [1.29, 1.82) is 0 Å². The third kappa shape index (κ3) is 5.38. The Bertz CT molecular complexity index is 1010. The van der Waals surface area contributed by atoms with Crippen LogP contribution in [0.15, 0.2) is 40.6 Å². The van der Waals surface area contributed by atoms with Gasteiger partial charge in [-0.2, -0.15) is 4.31 Å². The Labute approximate surface area is 180 Å². The monoisotopic (exact) mass is 451 g/mol. The Balaban J connectivity index is 1.70. The van der Waals surface area contributed by atoms with Gasteiger partial charge in [-0.3, -0.25) is 10.1 Å². The number of carbonyl (C=O) groups is 2. The van der Waals surface area contributed by atoms with Crippen molar-refractivity contribution < 1.29 is 22.7 Å². The second-order valence-electron chi connectivity index (χ2n) is 7.38. The molecule has 162 valence electrons. The molecule has 1 aliphatic rings. The van der Waals surface area contributed by atoms with E-state index in [0.29, 0.717) is 31.1 Å². The molecule has 30 heavy (non-hydrogen) atoms. The Morgan fingerprint density at radius 3 is 2.47 bits per heavy atom. The van der Waals surface area contributed by atoms with Gasteiger partial charge in [0.25, 0.3) is 5.91 Å². The highest BCUT2D eigenvalue weighted by Gasteiger charge is 2.31. The molecule has 0 bridgehead atoms. The van der Waals surface area contributed by atoms with Crippen LogP contribution in [0.25, 0.3) is 0 Å². The van der Waals surface area contributed by atoms with Crippen LogP contribution in [0, 0.1) is 5.92 Å². The number of rotatable bonds is 7. The second-order valence-corrected chi connectivity index (χ2v) is 10.2. The molecule has 2 amide bonds. The Morgan fingerprint density at radius 2 is 1.80 bits per heavy atom. The average molecular weight is 452 g/mol. The lowest BCUT2D eigenvalue weighted by atomic mass is 10.2. The number of benzene rings is 1. The zero-order valence-electron chi connectivity index (χ0n) is 16.9. The summed E-state index contributed by atoms with van der Waals surface area (Å²) in [6, 6.07) is 8.04. The van der Waals surface area contributed by atoms with Crippen LogP contribution in [0.5, 0.6) is 0 Å². The van der Waals surface area contributed by atoms with Crippen LogP contribution in [-0.4, -0.2) is 44.4 Å². The molecule has 8 nitrogen and oxygen atoms in total. The summed E-state index contributed by atoms with van der Waals surface area (Å²) in [6.07, 6.45) is 1.07. The summed E-state index contributed by atoms with van der Waals surface area (Å²) in [6.45, 7) is 5.12. The quantitative estimate of drug-likeness (QED) is 0.662. The van der Waals surface area contributed by atoms with Crippen LogP contribution in [0.1, 0.15) is 36.4 Å². The molecule has 2 aromatic rings. The van der Waals surface area contributed by atoms with E-state index in [9.17, 15) is 18.0 Å². The van der Waals surface area contributed by atoms with Gasteiger partial charge in [0.15, 0.2) is 0 Å². The average Bonchev–Trinajstić information content (AvgIpc) is 3.39. The number of nitrogens with zero attached hydrogens (tertiary/aromatic N) is 1. The molecule has 0 saturated carbocycles. The van der Waals surface area contributed by atoms with E-state index in [-0.39, 0.29) is 15.7 Å². The number of thiophene rings is 1. The molecule has 1 fully saturated rings. The minimum absolute atomic E-state index is 0.0263. The van der Waals surface area contributed by atoms with Crippen molar-refractivity contribution in [3.8, 4) is 0 Å². The van der Waals surface area contributed by atoms with Gasteiger partial charge in [0.05, 0.1) is 6.61 Å². The van der Waals surface area contributed by atoms with Crippen molar-refractivity contribution in [2.24, 2.45) is 5.92 Å². The molecule has 3 rings (SSSR count). The zero-order chi connectivity index (χ0) is 21.7. The predicted molar refractivity (Wildman–Crippen MR) is 117 cm³/mol. The molecule has 2 N–H and O–H groups in total. The summed E-state index contributed by atoms with van der Waals surface area (Å²) in [5.41, 5.74) is 0.886. The Hall–Kier alpha value is -2.43. The van der Waals surface area contributed by atoms with Crippen molar-refractivity contribution in [1.82, 2.24) is 4.31 Å². The van der Waals surface area contributed by atoms with Gasteiger partial charge in [-0.05, 0) is 48.4 Å². The number of hydrogen-bond donors (Lipinski definition) is 2. The van der Waals surface area contributed by atoms with E-state index >= 15 is 0 Å². The van der Waals surface area contributed by atoms with Gasteiger partial charge in [0, 0.05) is 24.5 Å². The van der Waals surface area contributed by atoms with Crippen LogP contribution in [0.2, 0.25) is 0 Å². The van der Waals surface area contributed by atoms with Crippen LogP contribution < -0.4 is 10.6 Å². The molecule has 0 radical (unpaired) electrons. The summed E-state index contributed by atoms with van der Waals surface area (Å²) >= 11 is 1.08. The fourth-order valence-electron chi connectivity index (χ4n) is 2.99. The first kappa shape index (κ1) is 22.3. The van der Waals surface area contributed by atoms with E-state index in [1.165, 1.54) is 10.4 Å². The maximum Gasteiger partial charge on any atom is 0.411 e. The summed E-state index contributed by atoms with van der Waals surface area (Å²) in [5, 5.41) is 6.91. The third-order valence-corrected chi connectivity index (χ3v) is 7.42. The van der Waals surface area contributed by atoms with Crippen LogP contribution >= 0.6 is 11.3 Å². The van der Waals surface area contributed by atoms with Crippen LogP contribution in [0.3, 0.4) is 0 Å². The van der Waals surface area contributed by atoms with Crippen LogP contribution in [0.4, 0.5) is 16.2 Å². The first-order valence-electron chi connectivity index (χ1n) is 9.70. The molecule has 1 aromatic carbocycles. The van der Waals surface area contributed by atoms with Gasteiger partial charge in [0.1, 0.15) is 9.77 Å². The SMILES string of the molecule is CC(C)COC(=O)Nc1cccc(NC(=O)c2sccc2S(=O)(=O)N2CCCC2)c1. The van der Waals surface area contributed by atoms with Gasteiger partial charge in [-0.1, -0.05) is 19.9 Å². The van der Waals surface area contributed by atoms with Gasteiger partial charge in [-0.25, -0.2) is 13.2 Å². The highest BCUT2D eigenvalue weighted by atomic mass is 32.2. The number of carbonyl (C=O) groups excluding carboxylic acids is 2. The van der Waals surface area contributed by atoms with E-state index < -0.39 is 22.0 Å². The molecular weight excluding hydrogens is 426 g/mol. The standard InChI is InChI=1S/C20H25N3O5S2/c1-14(2)13-28-20(25)22-16-7-5-6-15(12-16)21-19(24)18-17(8-11-29-18)30(26,27)23-9-3-4-10-23/h5-8,11-12,14H,3-4,9-10,13H2,1-2H3,(H,21,24)(H,22,25). The lowest BCUT2D eigenvalue weighted by molar-refractivity contribution is 0.102. The van der Waals surface area contributed by atoms with Crippen LogP contribution in [-0.2, 0) is 14.8 Å². The normalized spacial score (nSPS) is 14.6. The molecule has 0 atom stereocenters. The summed E-state index contributed by atoms with van der Waals surface area (Å²) in [4.78, 5) is 24.8. The predicted octanol–water partition coefficient (Wildman–Crippen LogP) is 3.99. The molecule has 10 heteroatoms. The second kappa shape index (κ2) is 9.59. The summed E-state index contributed by atoms with van der Waals surface area (Å²) in [7, 11) is -3.69. The van der Waals surface area contributed by atoms with E-state index in [0.717, 1.165) is 24.2 Å². The van der Waals surface area contributed by atoms with E-state index in [1.807, 2.05) is 13.8 Å². The molecule has 0 aliphatic carbocycles. The smallest absolute Gasteiger partial charge is 0.411 e. The van der Waals surface area contributed by atoms with Crippen molar-refractivity contribution >= 4 is 44.7 Å². The van der Waals surface area contributed by atoms with Gasteiger partial charge in [0.2, 0.25) is 10.0 Å². The maximum absolute atomic E-state index is 12.8.